The lowest BCUT2D eigenvalue weighted by Crippen LogP contribution is -2.14. The summed E-state index contributed by atoms with van der Waals surface area (Å²) in [5.74, 6) is 0.635. The van der Waals surface area contributed by atoms with Crippen LogP contribution in [0, 0.1) is 0 Å². The minimum absolute atomic E-state index is 0.0227. The number of ether oxygens (including phenoxy) is 2. The summed E-state index contributed by atoms with van der Waals surface area (Å²) in [6.07, 6.45) is 3.52. The van der Waals surface area contributed by atoms with Crippen molar-refractivity contribution in [1.82, 2.24) is 14.9 Å². The molecule has 1 N–H and O–H groups in total. The number of benzene rings is 2. The highest BCUT2D eigenvalue weighted by Crippen LogP contribution is 2.37. The third-order valence-corrected chi connectivity index (χ3v) is 6.36. The first-order chi connectivity index (χ1) is 14.4. The van der Waals surface area contributed by atoms with E-state index in [4.69, 9.17) is 14.0 Å². The van der Waals surface area contributed by atoms with Crippen LogP contribution < -0.4 is 14.2 Å². The highest BCUT2D eigenvalue weighted by atomic mass is 79.9. The Morgan fingerprint density at radius 3 is 2.73 bits per heavy atom. The third kappa shape index (κ3) is 3.73. The van der Waals surface area contributed by atoms with Crippen LogP contribution in [-0.2, 0) is 16.6 Å². The lowest BCUT2D eigenvalue weighted by molar-refractivity contribution is 0.400. The molecule has 4 aromatic rings. The van der Waals surface area contributed by atoms with Gasteiger partial charge in [0.25, 0.3) is 10.0 Å². The summed E-state index contributed by atoms with van der Waals surface area (Å²) in [7, 11) is -1.12. The summed E-state index contributed by atoms with van der Waals surface area (Å²) < 4.78 is 46.8. The van der Waals surface area contributed by atoms with E-state index in [0.717, 1.165) is 5.56 Å². The molecular weight excluding hydrogens is 476 g/mol. The van der Waals surface area contributed by atoms with E-state index in [-0.39, 0.29) is 16.5 Å². The minimum Gasteiger partial charge on any atom is -0.496 e. The fourth-order valence-corrected chi connectivity index (χ4v) is 4.93. The molecule has 0 aliphatic rings. The van der Waals surface area contributed by atoms with E-state index >= 15 is 0 Å². The van der Waals surface area contributed by atoms with E-state index in [9.17, 15) is 8.42 Å². The van der Waals surface area contributed by atoms with Crippen LogP contribution >= 0.6 is 15.9 Å². The van der Waals surface area contributed by atoms with E-state index in [0.29, 0.717) is 27.7 Å². The summed E-state index contributed by atoms with van der Waals surface area (Å²) in [5, 5.41) is 8.51. The summed E-state index contributed by atoms with van der Waals surface area (Å²) in [4.78, 5) is -0.0372. The molecule has 0 atom stereocenters. The van der Waals surface area contributed by atoms with Crippen molar-refractivity contribution in [1.29, 1.82) is 0 Å². The van der Waals surface area contributed by atoms with Crippen LogP contribution in [0.1, 0.15) is 5.56 Å². The molecule has 156 valence electrons. The van der Waals surface area contributed by atoms with Crippen LogP contribution in [0.5, 0.6) is 11.5 Å². The third-order valence-electron chi connectivity index (χ3n) is 4.38. The molecule has 0 unspecified atom stereocenters. The predicted molar refractivity (Wildman–Crippen MR) is 113 cm³/mol. The average molecular weight is 493 g/mol. The summed E-state index contributed by atoms with van der Waals surface area (Å²) in [6.45, 7) is 0.496. The SMILES string of the molecule is COc1c(Br)cccc1S(=O)(=O)Nc1noc2cc(Cn3cccn3)cc(OC)c12. The fourth-order valence-electron chi connectivity index (χ4n) is 3.07. The van der Waals surface area contributed by atoms with Crippen molar-refractivity contribution in [2.24, 2.45) is 0 Å². The summed E-state index contributed by atoms with van der Waals surface area (Å²) >= 11 is 3.29. The van der Waals surface area contributed by atoms with Crippen molar-refractivity contribution in [3.05, 3.63) is 58.8 Å². The maximum atomic E-state index is 13.0. The molecule has 2 aromatic carbocycles. The molecule has 0 spiro atoms. The molecule has 0 bridgehead atoms. The van der Waals surface area contributed by atoms with Crippen molar-refractivity contribution in [2.45, 2.75) is 11.4 Å². The number of nitrogens with zero attached hydrogens (tertiary/aromatic N) is 3. The number of nitrogens with one attached hydrogen (secondary N) is 1. The Morgan fingerprint density at radius 1 is 1.20 bits per heavy atom. The second-order valence-corrected chi connectivity index (χ2v) is 8.79. The number of hydrogen-bond acceptors (Lipinski definition) is 7. The number of methoxy groups -OCH3 is 2. The molecule has 9 nitrogen and oxygen atoms in total. The van der Waals surface area contributed by atoms with Gasteiger partial charge in [-0.1, -0.05) is 11.2 Å². The fraction of sp³-hybridized carbons (Fsp3) is 0.158. The molecule has 0 aliphatic heterocycles. The summed E-state index contributed by atoms with van der Waals surface area (Å²) in [6, 6.07) is 10.1. The first-order valence-electron chi connectivity index (χ1n) is 8.72. The van der Waals surface area contributed by atoms with Gasteiger partial charge in [0, 0.05) is 12.4 Å². The predicted octanol–water partition coefficient (Wildman–Crippen LogP) is 3.65. The highest BCUT2D eigenvalue weighted by molar-refractivity contribution is 9.10. The van der Waals surface area contributed by atoms with Crippen LogP contribution in [0.2, 0.25) is 0 Å². The lowest BCUT2D eigenvalue weighted by Gasteiger charge is -2.12. The first-order valence-corrected chi connectivity index (χ1v) is 11.0. The van der Waals surface area contributed by atoms with Gasteiger partial charge in [0.05, 0.1) is 25.2 Å². The molecule has 0 saturated carbocycles. The molecule has 2 aromatic heterocycles. The Balaban J connectivity index is 1.74. The number of rotatable bonds is 7. The van der Waals surface area contributed by atoms with Gasteiger partial charge < -0.3 is 14.0 Å². The zero-order chi connectivity index (χ0) is 21.3. The van der Waals surface area contributed by atoms with E-state index in [1.807, 2.05) is 12.3 Å². The number of halogens is 1. The van der Waals surface area contributed by atoms with Crippen molar-refractivity contribution in [3.8, 4) is 11.5 Å². The van der Waals surface area contributed by atoms with E-state index in [1.165, 1.54) is 20.3 Å². The maximum absolute atomic E-state index is 13.0. The van der Waals surface area contributed by atoms with Gasteiger partial charge in [-0.05, 0) is 51.8 Å². The molecule has 0 amide bonds. The molecule has 4 rings (SSSR count). The standard InChI is InChI=1S/C19H17BrN4O5S/c1-27-14-9-12(11-24-8-4-7-21-24)10-15-17(14)19(22-29-15)23-30(25,26)16-6-3-5-13(20)18(16)28-2/h3-10H,11H2,1-2H3,(H,22,23). The van der Waals surface area contributed by atoms with E-state index in [2.05, 4.69) is 30.9 Å². The largest absolute Gasteiger partial charge is 0.496 e. The molecule has 0 radical (unpaired) electrons. The van der Waals surface area contributed by atoms with E-state index in [1.54, 1.807) is 35.1 Å². The molecular formula is C19H17BrN4O5S. The Hall–Kier alpha value is -3.05. The van der Waals surface area contributed by atoms with Gasteiger partial charge in [-0.2, -0.15) is 5.10 Å². The van der Waals surface area contributed by atoms with Crippen LogP contribution in [0.25, 0.3) is 11.0 Å². The second kappa shape index (κ2) is 8.00. The molecule has 0 aliphatic carbocycles. The van der Waals surface area contributed by atoms with E-state index < -0.39 is 10.0 Å². The van der Waals surface area contributed by atoms with Crippen LogP contribution in [0.3, 0.4) is 0 Å². The van der Waals surface area contributed by atoms with Crippen LogP contribution in [0.4, 0.5) is 5.82 Å². The van der Waals surface area contributed by atoms with Gasteiger partial charge in [-0.25, -0.2) is 8.42 Å². The molecule has 0 fully saturated rings. The zero-order valence-corrected chi connectivity index (χ0v) is 18.4. The number of hydrogen-bond donors (Lipinski definition) is 1. The smallest absolute Gasteiger partial charge is 0.266 e. The number of para-hydroxylation sites is 1. The Morgan fingerprint density at radius 2 is 2.03 bits per heavy atom. The zero-order valence-electron chi connectivity index (χ0n) is 16.0. The number of anilines is 1. The van der Waals surface area contributed by atoms with Crippen molar-refractivity contribution < 1.29 is 22.4 Å². The highest BCUT2D eigenvalue weighted by Gasteiger charge is 2.25. The number of aromatic nitrogens is 3. The number of fused-ring (bicyclic) bond motifs is 1. The normalized spacial score (nSPS) is 11.6. The summed E-state index contributed by atoms with van der Waals surface area (Å²) in [5.41, 5.74) is 1.25. The van der Waals surface area contributed by atoms with Gasteiger partial charge in [0.2, 0.25) is 0 Å². The quantitative estimate of drug-likeness (QED) is 0.419. The minimum atomic E-state index is -4.01. The van der Waals surface area contributed by atoms with Crippen molar-refractivity contribution in [2.75, 3.05) is 18.9 Å². The van der Waals surface area contributed by atoms with Crippen LogP contribution in [0.15, 0.2) is 62.7 Å². The molecule has 2 heterocycles. The first kappa shape index (κ1) is 20.2. The van der Waals surface area contributed by atoms with Gasteiger partial charge in [-0.15, -0.1) is 0 Å². The van der Waals surface area contributed by atoms with Crippen molar-refractivity contribution in [3.63, 3.8) is 0 Å². The lowest BCUT2D eigenvalue weighted by atomic mass is 10.1. The van der Waals surface area contributed by atoms with Gasteiger partial charge >= 0.3 is 0 Å². The van der Waals surface area contributed by atoms with Crippen LogP contribution in [-0.4, -0.2) is 37.6 Å². The molecule has 30 heavy (non-hydrogen) atoms. The van der Waals surface area contributed by atoms with Crippen molar-refractivity contribution >= 4 is 42.7 Å². The topological polar surface area (TPSA) is 108 Å². The Labute approximate surface area is 180 Å². The van der Waals surface area contributed by atoms with Gasteiger partial charge in [0.15, 0.2) is 17.2 Å². The molecule has 0 saturated heterocycles. The number of sulfonamides is 1. The Bertz CT molecular complexity index is 1300. The monoisotopic (exact) mass is 492 g/mol. The molecule has 11 heteroatoms. The van der Waals surface area contributed by atoms with Gasteiger partial charge in [-0.3, -0.25) is 9.40 Å². The maximum Gasteiger partial charge on any atom is 0.266 e. The van der Waals surface area contributed by atoms with Gasteiger partial charge in [0.1, 0.15) is 16.0 Å². The average Bonchev–Trinajstić information content (AvgIpc) is 3.37. The Kier molecular flexibility index (Phi) is 5.39. The second-order valence-electron chi connectivity index (χ2n) is 6.28.